The van der Waals surface area contributed by atoms with Crippen molar-refractivity contribution in [3.63, 3.8) is 0 Å². The smallest absolute Gasteiger partial charge is 0.272 e. The molecule has 0 saturated carbocycles. The van der Waals surface area contributed by atoms with E-state index in [2.05, 4.69) is 0 Å². The number of nitrogens with two attached hydrogens (primary N) is 2. The summed E-state index contributed by atoms with van der Waals surface area (Å²) in [4.78, 5) is 10.0. The standard InChI is InChI=1S/C8H9N3O3/c9-6-2-4(11(12)13)1-5-7(10)3-14-8(5)6/h1-2,7H,3,9-10H2/t7-/m0/s1. The van der Waals surface area contributed by atoms with Crippen LogP contribution in [0.4, 0.5) is 11.4 Å². The van der Waals surface area contributed by atoms with Crippen molar-refractivity contribution in [1.29, 1.82) is 0 Å². The van der Waals surface area contributed by atoms with Crippen molar-refractivity contribution in [3.05, 3.63) is 27.8 Å². The maximum absolute atomic E-state index is 10.5. The summed E-state index contributed by atoms with van der Waals surface area (Å²) < 4.78 is 5.20. The molecule has 1 aliphatic rings. The normalized spacial score (nSPS) is 18.8. The Balaban J connectivity index is 2.58. The van der Waals surface area contributed by atoms with Crippen LogP contribution in [0.3, 0.4) is 0 Å². The molecule has 0 aliphatic carbocycles. The van der Waals surface area contributed by atoms with Crippen molar-refractivity contribution < 1.29 is 9.66 Å². The number of fused-ring (bicyclic) bond motifs is 1. The molecule has 6 nitrogen and oxygen atoms in total. The number of nitro benzene ring substituents is 1. The first-order chi connectivity index (χ1) is 6.59. The predicted molar refractivity (Wildman–Crippen MR) is 49.9 cm³/mol. The third-order valence-corrected chi connectivity index (χ3v) is 2.15. The zero-order chi connectivity index (χ0) is 10.3. The van der Waals surface area contributed by atoms with Gasteiger partial charge in [-0.05, 0) is 0 Å². The van der Waals surface area contributed by atoms with Crippen LogP contribution in [-0.2, 0) is 0 Å². The highest BCUT2D eigenvalue weighted by Gasteiger charge is 2.26. The van der Waals surface area contributed by atoms with Crippen LogP contribution in [0, 0.1) is 10.1 Å². The summed E-state index contributed by atoms with van der Waals surface area (Å²) in [5.74, 6) is 0.475. The van der Waals surface area contributed by atoms with E-state index in [4.69, 9.17) is 16.2 Å². The molecule has 1 aliphatic heterocycles. The molecule has 0 saturated heterocycles. The minimum absolute atomic E-state index is 0.0535. The number of hydrogen-bond donors (Lipinski definition) is 2. The van der Waals surface area contributed by atoms with Crippen LogP contribution in [0.15, 0.2) is 12.1 Å². The van der Waals surface area contributed by atoms with Crippen molar-refractivity contribution in [1.82, 2.24) is 0 Å². The number of benzene rings is 1. The maximum atomic E-state index is 10.5. The first-order valence-electron chi connectivity index (χ1n) is 4.06. The SMILES string of the molecule is Nc1cc([N+](=O)[O-])cc2c1OC[C@@H]2N. The largest absolute Gasteiger partial charge is 0.489 e. The van der Waals surface area contributed by atoms with Gasteiger partial charge in [-0.2, -0.15) is 0 Å². The fourth-order valence-corrected chi connectivity index (χ4v) is 1.47. The second-order valence-electron chi connectivity index (χ2n) is 3.13. The Bertz CT molecular complexity index is 405. The van der Waals surface area contributed by atoms with E-state index >= 15 is 0 Å². The highest BCUT2D eigenvalue weighted by atomic mass is 16.6. The summed E-state index contributed by atoms with van der Waals surface area (Å²) in [6.45, 7) is 0.320. The molecule has 0 amide bonds. The Morgan fingerprint density at radius 2 is 2.29 bits per heavy atom. The molecule has 0 aromatic heterocycles. The van der Waals surface area contributed by atoms with Gasteiger partial charge in [0.1, 0.15) is 12.4 Å². The van der Waals surface area contributed by atoms with Crippen molar-refractivity contribution in [2.45, 2.75) is 6.04 Å². The molecule has 1 aromatic rings. The minimum atomic E-state index is -0.498. The van der Waals surface area contributed by atoms with E-state index in [0.717, 1.165) is 0 Å². The van der Waals surface area contributed by atoms with Gasteiger partial charge in [0.25, 0.3) is 5.69 Å². The third-order valence-electron chi connectivity index (χ3n) is 2.15. The highest BCUT2D eigenvalue weighted by Crippen LogP contribution is 2.38. The number of rotatable bonds is 1. The van der Waals surface area contributed by atoms with Crippen LogP contribution >= 0.6 is 0 Å². The molecule has 6 heteroatoms. The molecule has 0 radical (unpaired) electrons. The Labute approximate surface area is 79.6 Å². The minimum Gasteiger partial charge on any atom is -0.489 e. The summed E-state index contributed by atoms with van der Waals surface area (Å²) in [6.07, 6.45) is 0. The lowest BCUT2D eigenvalue weighted by Crippen LogP contribution is -2.10. The molecule has 74 valence electrons. The number of nitrogen functional groups attached to an aromatic ring is 1. The van der Waals surface area contributed by atoms with Gasteiger partial charge in [-0.15, -0.1) is 0 Å². The average Bonchev–Trinajstić information content (AvgIpc) is 2.48. The Kier molecular flexibility index (Phi) is 1.78. The summed E-state index contributed by atoms with van der Waals surface area (Å²) >= 11 is 0. The Hall–Kier alpha value is -1.82. The van der Waals surface area contributed by atoms with Crippen molar-refractivity contribution >= 4 is 11.4 Å². The van der Waals surface area contributed by atoms with Crippen LogP contribution in [0.25, 0.3) is 0 Å². The van der Waals surface area contributed by atoms with Gasteiger partial charge in [0, 0.05) is 17.7 Å². The molecule has 1 atom stereocenters. The average molecular weight is 195 g/mol. The molecule has 0 unspecified atom stereocenters. The number of hydrogen-bond acceptors (Lipinski definition) is 5. The van der Waals surface area contributed by atoms with E-state index in [1.807, 2.05) is 0 Å². The van der Waals surface area contributed by atoms with Crippen molar-refractivity contribution in [3.8, 4) is 5.75 Å². The Morgan fingerprint density at radius 1 is 1.57 bits per heavy atom. The van der Waals surface area contributed by atoms with Crippen LogP contribution < -0.4 is 16.2 Å². The van der Waals surface area contributed by atoms with Gasteiger partial charge < -0.3 is 16.2 Å². The van der Waals surface area contributed by atoms with Crippen LogP contribution in [-0.4, -0.2) is 11.5 Å². The first kappa shape index (κ1) is 8.76. The molecular formula is C8H9N3O3. The topological polar surface area (TPSA) is 104 Å². The number of ether oxygens (including phenoxy) is 1. The first-order valence-corrected chi connectivity index (χ1v) is 4.06. The van der Waals surface area contributed by atoms with E-state index in [1.54, 1.807) is 0 Å². The summed E-state index contributed by atoms with van der Waals surface area (Å²) in [6, 6.07) is 2.35. The second kappa shape index (κ2) is 2.85. The lowest BCUT2D eigenvalue weighted by molar-refractivity contribution is -0.384. The third kappa shape index (κ3) is 1.16. The van der Waals surface area contributed by atoms with Crippen LogP contribution in [0.5, 0.6) is 5.75 Å². The molecular weight excluding hydrogens is 186 g/mol. The molecule has 14 heavy (non-hydrogen) atoms. The number of non-ortho nitro benzene ring substituents is 1. The molecule has 2 rings (SSSR count). The van der Waals surface area contributed by atoms with Gasteiger partial charge in [0.05, 0.1) is 16.7 Å². The second-order valence-corrected chi connectivity index (χ2v) is 3.13. The van der Waals surface area contributed by atoms with Gasteiger partial charge in [-0.1, -0.05) is 0 Å². The fraction of sp³-hybridized carbons (Fsp3) is 0.250. The zero-order valence-electron chi connectivity index (χ0n) is 7.27. The van der Waals surface area contributed by atoms with Crippen LogP contribution in [0.2, 0.25) is 0 Å². The highest BCUT2D eigenvalue weighted by molar-refractivity contribution is 5.64. The summed E-state index contributed by atoms with van der Waals surface area (Å²) in [5, 5.41) is 10.5. The number of anilines is 1. The molecule has 0 fully saturated rings. The molecule has 1 aromatic carbocycles. The van der Waals surface area contributed by atoms with E-state index in [1.165, 1.54) is 12.1 Å². The predicted octanol–water partition coefficient (Wildman–Crippen LogP) is 0.569. The van der Waals surface area contributed by atoms with Crippen molar-refractivity contribution in [2.75, 3.05) is 12.3 Å². The van der Waals surface area contributed by atoms with E-state index in [-0.39, 0.29) is 17.4 Å². The monoisotopic (exact) mass is 195 g/mol. The summed E-state index contributed by atoms with van der Waals surface area (Å²) in [5.41, 5.74) is 12.1. The quantitative estimate of drug-likeness (QED) is 0.387. The number of nitrogens with zero attached hydrogens (tertiary/aromatic N) is 1. The molecule has 4 N–H and O–H groups in total. The van der Waals surface area contributed by atoms with Gasteiger partial charge >= 0.3 is 0 Å². The lowest BCUT2D eigenvalue weighted by Gasteiger charge is -2.03. The molecule has 0 bridgehead atoms. The summed E-state index contributed by atoms with van der Waals surface area (Å²) in [7, 11) is 0. The fourth-order valence-electron chi connectivity index (χ4n) is 1.47. The molecule has 0 spiro atoms. The van der Waals surface area contributed by atoms with Gasteiger partial charge in [-0.3, -0.25) is 10.1 Å². The zero-order valence-corrected chi connectivity index (χ0v) is 7.27. The van der Waals surface area contributed by atoms with Crippen molar-refractivity contribution in [2.24, 2.45) is 5.73 Å². The molecule has 1 heterocycles. The van der Waals surface area contributed by atoms with E-state index in [0.29, 0.717) is 17.9 Å². The van der Waals surface area contributed by atoms with Crippen LogP contribution in [0.1, 0.15) is 11.6 Å². The Morgan fingerprint density at radius 3 is 2.93 bits per heavy atom. The van der Waals surface area contributed by atoms with E-state index < -0.39 is 4.92 Å². The maximum Gasteiger partial charge on any atom is 0.272 e. The van der Waals surface area contributed by atoms with E-state index in [9.17, 15) is 10.1 Å². The lowest BCUT2D eigenvalue weighted by atomic mass is 10.1. The van der Waals surface area contributed by atoms with Gasteiger partial charge in [0.2, 0.25) is 0 Å². The van der Waals surface area contributed by atoms with Gasteiger partial charge in [0.15, 0.2) is 0 Å². The number of nitro groups is 1. The van der Waals surface area contributed by atoms with Gasteiger partial charge in [-0.25, -0.2) is 0 Å².